The number of hydrogen-bond donors (Lipinski definition) is 2. The lowest BCUT2D eigenvalue weighted by molar-refractivity contribution is -0.117. The molecule has 2 amide bonds. The van der Waals surface area contributed by atoms with Crippen molar-refractivity contribution in [3.63, 3.8) is 0 Å². The molecule has 126 valence electrons. The summed E-state index contributed by atoms with van der Waals surface area (Å²) in [5.74, 6) is -0.351. The number of carbonyl (C=O) groups excluding carboxylic acids is 2. The molecule has 0 unspecified atom stereocenters. The lowest BCUT2D eigenvalue weighted by Gasteiger charge is -2.08. The highest BCUT2D eigenvalue weighted by Crippen LogP contribution is 2.17. The van der Waals surface area contributed by atoms with E-state index in [4.69, 9.17) is 0 Å². The predicted molar refractivity (Wildman–Crippen MR) is 97.0 cm³/mol. The SMILES string of the molecule is CC(=O)Nc1cccc(NC(=O)Cn2ccc(-c3ccccc3)n2)c1. The maximum atomic E-state index is 12.2. The molecule has 3 rings (SSSR count). The number of rotatable bonds is 5. The molecule has 0 atom stereocenters. The fraction of sp³-hybridized carbons (Fsp3) is 0.105. The Morgan fingerprint density at radius 1 is 0.960 bits per heavy atom. The van der Waals surface area contributed by atoms with Crippen LogP contribution in [0.1, 0.15) is 6.92 Å². The molecule has 0 spiro atoms. The Balaban J connectivity index is 1.63. The smallest absolute Gasteiger partial charge is 0.246 e. The fourth-order valence-electron chi connectivity index (χ4n) is 2.44. The molecule has 1 aromatic heterocycles. The molecule has 0 bridgehead atoms. The molecule has 0 aliphatic rings. The molecular formula is C19H18N4O2. The van der Waals surface area contributed by atoms with Crippen LogP contribution in [0.3, 0.4) is 0 Å². The third kappa shape index (κ3) is 4.54. The lowest BCUT2D eigenvalue weighted by Crippen LogP contribution is -2.19. The van der Waals surface area contributed by atoms with Gasteiger partial charge in [0.1, 0.15) is 6.54 Å². The molecule has 3 aromatic rings. The van der Waals surface area contributed by atoms with E-state index in [-0.39, 0.29) is 18.4 Å². The van der Waals surface area contributed by atoms with E-state index in [2.05, 4.69) is 15.7 Å². The average Bonchev–Trinajstić information content (AvgIpc) is 3.03. The van der Waals surface area contributed by atoms with Gasteiger partial charge in [0.2, 0.25) is 11.8 Å². The molecule has 1 heterocycles. The second-order valence-corrected chi connectivity index (χ2v) is 5.57. The van der Waals surface area contributed by atoms with Crippen molar-refractivity contribution in [3.05, 3.63) is 66.9 Å². The molecule has 0 aliphatic carbocycles. The lowest BCUT2D eigenvalue weighted by atomic mass is 10.2. The summed E-state index contributed by atoms with van der Waals surface area (Å²) in [5.41, 5.74) is 3.08. The van der Waals surface area contributed by atoms with Gasteiger partial charge in [0.25, 0.3) is 0 Å². The summed E-state index contributed by atoms with van der Waals surface area (Å²) in [6.07, 6.45) is 1.77. The summed E-state index contributed by atoms with van der Waals surface area (Å²) in [4.78, 5) is 23.3. The zero-order valence-electron chi connectivity index (χ0n) is 13.8. The van der Waals surface area contributed by atoms with Crippen LogP contribution in [-0.4, -0.2) is 21.6 Å². The second-order valence-electron chi connectivity index (χ2n) is 5.57. The quantitative estimate of drug-likeness (QED) is 0.752. The van der Waals surface area contributed by atoms with E-state index in [9.17, 15) is 9.59 Å². The Labute approximate surface area is 145 Å². The number of hydrogen-bond acceptors (Lipinski definition) is 3. The van der Waals surface area contributed by atoms with Gasteiger partial charge in [0, 0.05) is 30.1 Å². The van der Waals surface area contributed by atoms with E-state index >= 15 is 0 Å². The van der Waals surface area contributed by atoms with Gasteiger partial charge in [-0.1, -0.05) is 36.4 Å². The van der Waals surface area contributed by atoms with Crippen molar-refractivity contribution in [2.45, 2.75) is 13.5 Å². The maximum absolute atomic E-state index is 12.2. The zero-order chi connectivity index (χ0) is 17.6. The van der Waals surface area contributed by atoms with Crippen molar-refractivity contribution in [3.8, 4) is 11.3 Å². The van der Waals surface area contributed by atoms with Crippen LogP contribution in [0.4, 0.5) is 11.4 Å². The van der Waals surface area contributed by atoms with Crippen molar-refractivity contribution < 1.29 is 9.59 Å². The van der Waals surface area contributed by atoms with E-state index in [0.717, 1.165) is 11.3 Å². The normalized spacial score (nSPS) is 10.3. The van der Waals surface area contributed by atoms with Crippen LogP contribution in [-0.2, 0) is 16.1 Å². The number of nitrogens with zero attached hydrogens (tertiary/aromatic N) is 2. The molecule has 0 fully saturated rings. The van der Waals surface area contributed by atoms with E-state index in [1.807, 2.05) is 36.4 Å². The summed E-state index contributed by atoms with van der Waals surface area (Å²) in [5, 5.41) is 9.90. The van der Waals surface area contributed by atoms with Crippen LogP contribution in [0.2, 0.25) is 0 Å². The van der Waals surface area contributed by atoms with Crippen molar-refractivity contribution >= 4 is 23.2 Å². The third-order valence-electron chi connectivity index (χ3n) is 3.48. The van der Waals surface area contributed by atoms with E-state index in [1.54, 1.807) is 35.1 Å². The molecule has 25 heavy (non-hydrogen) atoms. The Hall–Kier alpha value is -3.41. The first kappa shape index (κ1) is 16.4. The zero-order valence-corrected chi connectivity index (χ0v) is 13.8. The maximum Gasteiger partial charge on any atom is 0.246 e. The summed E-state index contributed by atoms with van der Waals surface area (Å²) >= 11 is 0. The summed E-state index contributed by atoms with van der Waals surface area (Å²) < 4.78 is 1.59. The minimum absolute atomic E-state index is 0.108. The van der Waals surface area contributed by atoms with Crippen molar-refractivity contribution in [2.75, 3.05) is 10.6 Å². The monoisotopic (exact) mass is 334 g/mol. The summed E-state index contributed by atoms with van der Waals surface area (Å²) in [6, 6.07) is 18.7. The molecular weight excluding hydrogens is 316 g/mol. The van der Waals surface area contributed by atoms with Crippen LogP contribution in [0, 0.1) is 0 Å². The third-order valence-corrected chi connectivity index (χ3v) is 3.48. The first-order valence-electron chi connectivity index (χ1n) is 7.86. The Morgan fingerprint density at radius 3 is 2.40 bits per heavy atom. The van der Waals surface area contributed by atoms with Gasteiger partial charge < -0.3 is 10.6 Å². The predicted octanol–water partition coefficient (Wildman–Crippen LogP) is 3.15. The fourth-order valence-corrected chi connectivity index (χ4v) is 2.44. The Bertz CT molecular complexity index is 887. The Kier molecular flexibility index (Phi) is 4.89. The van der Waals surface area contributed by atoms with Gasteiger partial charge in [-0.15, -0.1) is 0 Å². The molecule has 0 saturated heterocycles. The van der Waals surface area contributed by atoms with E-state index < -0.39 is 0 Å². The number of anilines is 2. The van der Waals surface area contributed by atoms with Crippen LogP contribution >= 0.6 is 0 Å². The summed E-state index contributed by atoms with van der Waals surface area (Å²) in [7, 11) is 0. The van der Waals surface area contributed by atoms with Gasteiger partial charge in [-0.25, -0.2) is 0 Å². The first-order valence-corrected chi connectivity index (χ1v) is 7.86. The number of nitrogens with one attached hydrogen (secondary N) is 2. The van der Waals surface area contributed by atoms with Crippen LogP contribution in [0.15, 0.2) is 66.9 Å². The average molecular weight is 334 g/mol. The van der Waals surface area contributed by atoms with Gasteiger partial charge in [0.05, 0.1) is 5.69 Å². The molecule has 6 nitrogen and oxygen atoms in total. The minimum atomic E-state index is -0.192. The van der Waals surface area contributed by atoms with Gasteiger partial charge in [-0.3, -0.25) is 14.3 Å². The van der Waals surface area contributed by atoms with Crippen molar-refractivity contribution in [1.82, 2.24) is 9.78 Å². The topological polar surface area (TPSA) is 76.0 Å². The molecule has 0 saturated carbocycles. The molecule has 6 heteroatoms. The van der Waals surface area contributed by atoms with Crippen LogP contribution in [0.25, 0.3) is 11.3 Å². The Morgan fingerprint density at radius 2 is 1.68 bits per heavy atom. The number of aromatic nitrogens is 2. The number of benzene rings is 2. The largest absolute Gasteiger partial charge is 0.326 e. The van der Waals surface area contributed by atoms with Gasteiger partial charge in [-0.2, -0.15) is 5.10 Å². The van der Waals surface area contributed by atoms with Gasteiger partial charge >= 0.3 is 0 Å². The first-order chi connectivity index (χ1) is 12.1. The molecule has 0 aliphatic heterocycles. The highest BCUT2D eigenvalue weighted by atomic mass is 16.2. The molecule has 0 radical (unpaired) electrons. The van der Waals surface area contributed by atoms with Gasteiger partial charge in [-0.05, 0) is 24.3 Å². The minimum Gasteiger partial charge on any atom is -0.326 e. The molecule has 2 N–H and O–H groups in total. The second kappa shape index (κ2) is 7.44. The highest BCUT2D eigenvalue weighted by Gasteiger charge is 2.07. The highest BCUT2D eigenvalue weighted by molar-refractivity contribution is 5.93. The van der Waals surface area contributed by atoms with Crippen molar-refractivity contribution in [2.24, 2.45) is 0 Å². The number of carbonyl (C=O) groups is 2. The van der Waals surface area contributed by atoms with E-state index in [1.165, 1.54) is 6.92 Å². The standard InChI is InChI=1S/C19H18N4O2/c1-14(24)20-16-8-5-9-17(12-16)21-19(25)13-23-11-10-18(22-23)15-6-3-2-4-7-15/h2-12H,13H2,1H3,(H,20,24)(H,21,25). The molecule has 2 aromatic carbocycles. The van der Waals surface area contributed by atoms with E-state index in [0.29, 0.717) is 11.4 Å². The van der Waals surface area contributed by atoms with Crippen LogP contribution < -0.4 is 10.6 Å². The van der Waals surface area contributed by atoms with Crippen molar-refractivity contribution in [1.29, 1.82) is 0 Å². The van der Waals surface area contributed by atoms with Crippen LogP contribution in [0.5, 0.6) is 0 Å². The van der Waals surface area contributed by atoms with Gasteiger partial charge in [0.15, 0.2) is 0 Å². The number of amides is 2. The summed E-state index contributed by atoms with van der Waals surface area (Å²) in [6.45, 7) is 1.55.